The molecule has 2 aromatic rings. The predicted octanol–water partition coefficient (Wildman–Crippen LogP) is 3.79. The van der Waals surface area contributed by atoms with Crippen molar-refractivity contribution in [2.24, 2.45) is 0 Å². The maximum absolute atomic E-state index is 12.5. The van der Waals surface area contributed by atoms with Gasteiger partial charge in [0, 0.05) is 42.8 Å². The first-order valence-corrected chi connectivity index (χ1v) is 10.1. The fourth-order valence-corrected chi connectivity index (χ4v) is 3.65. The molecule has 0 bridgehead atoms. The van der Waals surface area contributed by atoms with Crippen molar-refractivity contribution in [2.75, 3.05) is 33.3 Å². The first kappa shape index (κ1) is 21.5. The Morgan fingerprint density at radius 1 is 1.14 bits per heavy atom. The van der Waals surface area contributed by atoms with Gasteiger partial charge in [-0.1, -0.05) is 29.3 Å². The third-order valence-electron chi connectivity index (χ3n) is 4.75. The van der Waals surface area contributed by atoms with Gasteiger partial charge < -0.3 is 19.4 Å². The van der Waals surface area contributed by atoms with Crippen LogP contribution in [-0.4, -0.2) is 55.1 Å². The van der Waals surface area contributed by atoms with Crippen LogP contribution in [0, 0.1) is 0 Å². The van der Waals surface area contributed by atoms with Crippen molar-refractivity contribution >= 4 is 35.2 Å². The van der Waals surface area contributed by atoms with Gasteiger partial charge in [-0.2, -0.15) is 0 Å². The van der Waals surface area contributed by atoms with E-state index in [0.29, 0.717) is 48.5 Å². The quantitative estimate of drug-likeness (QED) is 0.717. The van der Waals surface area contributed by atoms with Gasteiger partial charge in [-0.25, -0.2) is 9.59 Å². The van der Waals surface area contributed by atoms with Crippen LogP contribution in [0.2, 0.25) is 10.0 Å². The van der Waals surface area contributed by atoms with E-state index in [9.17, 15) is 9.59 Å². The molecule has 1 aliphatic rings. The maximum atomic E-state index is 12.5. The number of carbonyl (C=O) groups is 2. The highest BCUT2D eigenvalue weighted by Gasteiger charge is 2.20. The predicted molar refractivity (Wildman–Crippen MR) is 110 cm³/mol. The molecule has 1 N–H and O–H groups in total. The summed E-state index contributed by atoms with van der Waals surface area (Å²) in [7, 11) is 1.32. The second kappa shape index (κ2) is 10.0. The summed E-state index contributed by atoms with van der Waals surface area (Å²) in [6.07, 6.45) is 0.847. The van der Waals surface area contributed by atoms with Crippen molar-refractivity contribution < 1.29 is 18.7 Å². The van der Waals surface area contributed by atoms with E-state index in [0.717, 1.165) is 18.5 Å². The summed E-state index contributed by atoms with van der Waals surface area (Å²) >= 11 is 12.1. The van der Waals surface area contributed by atoms with Gasteiger partial charge in [0.25, 0.3) is 0 Å². The first-order valence-electron chi connectivity index (χ1n) is 9.32. The van der Waals surface area contributed by atoms with Crippen molar-refractivity contribution in [1.82, 2.24) is 15.1 Å². The lowest BCUT2D eigenvalue weighted by Crippen LogP contribution is -2.41. The van der Waals surface area contributed by atoms with Crippen LogP contribution in [0.1, 0.15) is 28.3 Å². The van der Waals surface area contributed by atoms with Crippen LogP contribution in [0.25, 0.3) is 0 Å². The highest BCUT2D eigenvalue weighted by atomic mass is 35.5. The molecule has 1 saturated heterocycles. The smallest absolute Gasteiger partial charge is 0.373 e. The minimum atomic E-state index is -0.490. The van der Waals surface area contributed by atoms with Crippen LogP contribution in [0.3, 0.4) is 0 Å². The van der Waals surface area contributed by atoms with E-state index < -0.39 is 5.97 Å². The van der Waals surface area contributed by atoms with Crippen molar-refractivity contribution in [2.45, 2.75) is 19.5 Å². The lowest BCUT2D eigenvalue weighted by atomic mass is 10.2. The average Bonchev–Trinajstić information content (AvgIpc) is 3.04. The second-order valence-corrected chi connectivity index (χ2v) is 7.61. The third-order valence-corrected chi connectivity index (χ3v) is 5.34. The number of esters is 1. The highest BCUT2D eigenvalue weighted by Crippen LogP contribution is 2.21. The van der Waals surface area contributed by atoms with Crippen molar-refractivity contribution in [3.63, 3.8) is 0 Å². The van der Waals surface area contributed by atoms with Gasteiger partial charge in [0.15, 0.2) is 0 Å². The van der Waals surface area contributed by atoms with E-state index >= 15 is 0 Å². The van der Waals surface area contributed by atoms with Crippen molar-refractivity contribution in [3.05, 3.63) is 57.5 Å². The Bertz CT molecular complexity index is 871. The Morgan fingerprint density at radius 2 is 1.97 bits per heavy atom. The number of benzene rings is 1. The van der Waals surface area contributed by atoms with Gasteiger partial charge >= 0.3 is 12.0 Å². The molecule has 29 heavy (non-hydrogen) atoms. The normalized spacial score (nSPS) is 15.1. The fraction of sp³-hybridized carbons (Fsp3) is 0.400. The Hall–Kier alpha value is -2.22. The molecule has 0 spiro atoms. The van der Waals surface area contributed by atoms with Crippen LogP contribution in [-0.2, 0) is 17.8 Å². The zero-order valence-corrected chi connectivity index (χ0v) is 17.6. The maximum Gasteiger partial charge on any atom is 0.373 e. The molecule has 9 heteroatoms. The first-order chi connectivity index (χ1) is 14.0. The molecule has 0 saturated carbocycles. The van der Waals surface area contributed by atoms with Gasteiger partial charge in [-0.15, -0.1) is 0 Å². The molecule has 0 radical (unpaired) electrons. The topological polar surface area (TPSA) is 75.0 Å². The molecule has 2 heterocycles. The highest BCUT2D eigenvalue weighted by molar-refractivity contribution is 6.35. The molecule has 0 aliphatic carbocycles. The molecule has 0 unspecified atom stereocenters. The van der Waals surface area contributed by atoms with Crippen LogP contribution in [0.15, 0.2) is 34.7 Å². The number of carbonyl (C=O) groups excluding carboxylic acids is 2. The van der Waals surface area contributed by atoms with Gasteiger partial charge in [0.05, 0.1) is 13.7 Å². The number of hydrogen-bond acceptors (Lipinski definition) is 5. The number of nitrogens with one attached hydrogen (secondary N) is 1. The molecule has 1 aliphatic heterocycles. The number of halogens is 2. The summed E-state index contributed by atoms with van der Waals surface area (Å²) in [5, 5.41) is 4.01. The third kappa shape index (κ3) is 5.88. The minimum Gasteiger partial charge on any atom is -0.463 e. The zero-order valence-electron chi connectivity index (χ0n) is 16.1. The number of ether oxygens (including phenoxy) is 1. The zero-order chi connectivity index (χ0) is 20.8. The van der Waals surface area contributed by atoms with Gasteiger partial charge in [0.2, 0.25) is 5.76 Å². The van der Waals surface area contributed by atoms with E-state index in [4.69, 9.17) is 27.6 Å². The Kier molecular flexibility index (Phi) is 7.41. The van der Waals surface area contributed by atoms with E-state index in [1.54, 1.807) is 35.2 Å². The van der Waals surface area contributed by atoms with Crippen molar-refractivity contribution in [1.29, 1.82) is 0 Å². The van der Waals surface area contributed by atoms with Gasteiger partial charge in [-0.3, -0.25) is 4.90 Å². The summed E-state index contributed by atoms with van der Waals surface area (Å²) in [5.74, 6) is 0.399. The fourth-order valence-electron chi connectivity index (χ4n) is 3.17. The van der Waals surface area contributed by atoms with Crippen LogP contribution in [0.5, 0.6) is 0 Å². The van der Waals surface area contributed by atoms with Crippen LogP contribution in [0.4, 0.5) is 4.79 Å². The molecule has 2 amide bonds. The molecular weight excluding hydrogens is 417 g/mol. The largest absolute Gasteiger partial charge is 0.463 e. The number of rotatable bonds is 5. The summed E-state index contributed by atoms with van der Waals surface area (Å²) in [5.41, 5.74) is 0.820. The van der Waals surface area contributed by atoms with Gasteiger partial charge in [-0.05, 0) is 36.2 Å². The summed E-state index contributed by atoms with van der Waals surface area (Å²) in [6, 6.07) is 8.48. The number of furan rings is 1. The van der Waals surface area contributed by atoms with Crippen LogP contribution < -0.4 is 5.32 Å². The second-order valence-electron chi connectivity index (χ2n) is 6.77. The van der Waals surface area contributed by atoms with Gasteiger partial charge in [0.1, 0.15) is 5.76 Å². The number of hydrogen-bond donors (Lipinski definition) is 1. The minimum absolute atomic E-state index is 0.121. The van der Waals surface area contributed by atoms with E-state index in [1.165, 1.54) is 7.11 Å². The Morgan fingerprint density at radius 3 is 2.72 bits per heavy atom. The molecule has 1 fully saturated rings. The molecule has 3 rings (SSSR count). The average molecular weight is 440 g/mol. The molecule has 1 aromatic carbocycles. The molecule has 1 aromatic heterocycles. The Labute approximate surface area is 179 Å². The molecule has 7 nitrogen and oxygen atoms in total. The summed E-state index contributed by atoms with van der Waals surface area (Å²) in [4.78, 5) is 28.0. The standard InChI is InChI=1S/C20H23Cl2N3O4/c1-28-19(26)18-6-5-16(29-18)13-24-7-2-8-25(10-9-24)20(27)23-12-14-3-4-15(21)11-17(14)22/h3-6,11H,2,7-10,12-13H2,1H3,(H,23,27). The summed E-state index contributed by atoms with van der Waals surface area (Å²) < 4.78 is 10.2. The summed E-state index contributed by atoms with van der Waals surface area (Å²) in [6.45, 7) is 3.74. The number of urea groups is 1. The monoisotopic (exact) mass is 439 g/mol. The molecular formula is C20H23Cl2N3O4. The number of amides is 2. The Balaban J connectivity index is 1.49. The SMILES string of the molecule is COC(=O)c1ccc(CN2CCCN(C(=O)NCc3ccc(Cl)cc3Cl)CC2)o1. The lowest BCUT2D eigenvalue weighted by Gasteiger charge is -2.22. The van der Waals surface area contributed by atoms with E-state index in [-0.39, 0.29) is 11.8 Å². The van der Waals surface area contributed by atoms with E-state index in [2.05, 4.69) is 15.0 Å². The van der Waals surface area contributed by atoms with Crippen LogP contribution >= 0.6 is 23.2 Å². The molecule has 156 valence electrons. The van der Waals surface area contributed by atoms with Crippen molar-refractivity contribution in [3.8, 4) is 0 Å². The number of methoxy groups -OCH3 is 1. The number of nitrogens with zero attached hydrogens (tertiary/aromatic N) is 2. The molecule has 0 atom stereocenters. The van der Waals surface area contributed by atoms with E-state index in [1.807, 2.05) is 0 Å². The lowest BCUT2D eigenvalue weighted by molar-refractivity contribution is 0.0561.